The molecule has 0 aliphatic heterocycles. The Morgan fingerprint density at radius 3 is 2.85 bits per heavy atom. The highest BCUT2D eigenvalue weighted by atomic mass is 19.1. The van der Waals surface area contributed by atoms with E-state index in [4.69, 9.17) is 0 Å². The van der Waals surface area contributed by atoms with E-state index >= 15 is 0 Å². The predicted octanol–water partition coefficient (Wildman–Crippen LogP) is 2.31. The van der Waals surface area contributed by atoms with Gasteiger partial charge in [-0.05, 0) is 42.9 Å². The summed E-state index contributed by atoms with van der Waals surface area (Å²) in [6.45, 7) is 1.80. The molecule has 0 amide bonds. The van der Waals surface area contributed by atoms with E-state index in [-0.39, 0.29) is 11.9 Å². The van der Waals surface area contributed by atoms with Crippen molar-refractivity contribution in [2.45, 2.75) is 25.4 Å². The molecule has 1 saturated carbocycles. The molecule has 1 aromatic carbocycles. The Hall–Kier alpha value is -0.890. The van der Waals surface area contributed by atoms with Gasteiger partial charge in [0.05, 0.1) is 6.10 Å². The predicted molar refractivity (Wildman–Crippen MR) is 48.9 cm³/mol. The van der Waals surface area contributed by atoms with Crippen molar-refractivity contribution in [1.82, 2.24) is 0 Å². The van der Waals surface area contributed by atoms with Crippen LogP contribution in [0.2, 0.25) is 0 Å². The van der Waals surface area contributed by atoms with Crippen molar-refractivity contribution < 1.29 is 9.50 Å². The number of rotatable bonds is 2. The number of aliphatic hydroxyl groups is 1. The van der Waals surface area contributed by atoms with Gasteiger partial charge in [-0.25, -0.2) is 4.39 Å². The largest absolute Gasteiger partial charge is 0.393 e. The van der Waals surface area contributed by atoms with Crippen LogP contribution in [0, 0.1) is 11.7 Å². The topological polar surface area (TPSA) is 20.2 Å². The first-order valence-electron chi connectivity index (χ1n) is 4.62. The number of aliphatic hydroxyl groups excluding tert-OH is 1. The van der Waals surface area contributed by atoms with E-state index in [1.54, 1.807) is 19.1 Å². The zero-order chi connectivity index (χ0) is 9.42. The molecule has 1 aliphatic carbocycles. The molecule has 0 saturated heterocycles. The van der Waals surface area contributed by atoms with Gasteiger partial charge >= 0.3 is 0 Å². The Balaban J connectivity index is 2.12. The molecule has 1 aliphatic rings. The van der Waals surface area contributed by atoms with E-state index in [0.717, 1.165) is 12.0 Å². The van der Waals surface area contributed by atoms with Gasteiger partial charge in [-0.15, -0.1) is 0 Å². The van der Waals surface area contributed by atoms with E-state index in [0.29, 0.717) is 11.8 Å². The highest BCUT2D eigenvalue weighted by Crippen LogP contribution is 2.49. The molecule has 70 valence electrons. The van der Waals surface area contributed by atoms with Gasteiger partial charge in [0.1, 0.15) is 5.82 Å². The molecule has 0 radical (unpaired) electrons. The SMILES string of the molecule is C[C@@H](O)[C@H]1C[C@@H]1c1cccc(F)c1. The van der Waals surface area contributed by atoms with Crippen molar-refractivity contribution in [1.29, 1.82) is 0 Å². The molecule has 2 heteroatoms. The summed E-state index contributed by atoms with van der Waals surface area (Å²) in [6, 6.07) is 6.66. The van der Waals surface area contributed by atoms with Gasteiger partial charge in [0, 0.05) is 0 Å². The summed E-state index contributed by atoms with van der Waals surface area (Å²) < 4.78 is 12.8. The first kappa shape index (κ1) is 8.70. The van der Waals surface area contributed by atoms with Gasteiger partial charge in [0.25, 0.3) is 0 Å². The minimum Gasteiger partial charge on any atom is -0.393 e. The molecule has 1 fully saturated rings. The van der Waals surface area contributed by atoms with Gasteiger partial charge in [-0.2, -0.15) is 0 Å². The number of halogens is 1. The molecular formula is C11H13FO. The zero-order valence-electron chi connectivity index (χ0n) is 7.57. The number of hydrogen-bond acceptors (Lipinski definition) is 1. The van der Waals surface area contributed by atoms with Crippen molar-refractivity contribution in [2.24, 2.45) is 5.92 Å². The third-order valence-corrected chi connectivity index (χ3v) is 2.74. The van der Waals surface area contributed by atoms with Crippen molar-refractivity contribution in [3.63, 3.8) is 0 Å². The van der Waals surface area contributed by atoms with Crippen LogP contribution in [0.25, 0.3) is 0 Å². The summed E-state index contributed by atoms with van der Waals surface area (Å²) in [5, 5.41) is 9.30. The van der Waals surface area contributed by atoms with E-state index in [2.05, 4.69) is 0 Å². The summed E-state index contributed by atoms with van der Waals surface area (Å²) >= 11 is 0. The normalized spacial score (nSPS) is 28.5. The first-order valence-corrected chi connectivity index (χ1v) is 4.62. The lowest BCUT2D eigenvalue weighted by atomic mass is 10.1. The quantitative estimate of drug-likeness (QED) is 0.740. The van der Waals surface area contributed by atoms with Crippen LogP contribution in [0.1, 0.15) is 24.8 Å². The smallest absolute Gasteiger partial charge is 0.123 e. The lowest BCUT2D eigenvalue weighted by molar-refractivity contribution is 0.169. The van der Waals surface area contributed by atoms with Crippen molar-refractivity contribution >= 4 is 0 Å². The Kier molecular flexibility index (Phi) is 2.08. The van der Waals surface area contributed by atoms with Gasteiger partial charge in [-0.3, -0.25) is 0 Å². The lowest BCUT2D eigenvalue weighted by Gasteiger charge is -2.02. The van der Waals surface area contributed by atoms with Gasteiger partial charge in [-0.1, -0.05) is 12.1 Å². The maximum absolute atomic E-state index is 12.8. The molecule has 1 N–H and O–H groups in total. The molecular weight excluding hydrogens is 167 g/mol. The summed E-state index contributed by atoms with van der Waals surface area (Å²) in [4.78, 5) is 0. The molecule has 1 nitrogen and oxygen atoms in total. The molecule has 0 unspecified atom stereocenters. The second kappa shape index (κ2) is 3.11. The van der Waals surface area contributed by atoms with E-state index in [1.807, 2.05) is 6.07 Å². The van der Waals surface area contributed by atoms with E-state index in [1.165, 1.54) is 6.07 Å². The molecule has 1 aromatic rings. The van der Waals surface area contributed by atoms with Crippen LogP contribution < -0.4 is 0 Å². The zero-order valence-corrected chi connectivity index (χ0v) is 7.57. The first-order chi connectivity index (χ1) is 6.18. The van der Waals surface area contributed by atoms with Crippen LogP contribution in [0.3, 0.4) is 0 Å². The highest BCUT2D eigenvalue weighted by Gasteiger charge is 2.41. The summed E-state index contributed by atoms with van der Waals surface area (Å²) in [5.74, 6) is 0.520. The standard InChI is InChI=1S/C11H13FO/c1-7(13)10-6-11(10)8-3-2-4-9(12)5-8/h2-5,7,10-11,13H,6H2,1H3/t7-,10-,11-/m1/s1. The molecule has 0 aromatic heterocycles. The summed E-state index contributed by atoms with van der Waals surface area (Å²) in [6.07, 6.45) is 0.717. The van der Waals surface area contributed by atoms with Crippen LogP contribution in [0.5, 0.6) is 0 Å². The van der Waals surface area contributed by atoms with Crippen molar-refractivity contribution in [2.75, 3.05) is 0 Å². The minimum absolute atomic E-state index is 0.186. The van der Waals surface area contributed by atoms with Crippen LogP contribution in [0.15, 0.2) is 24.3 Å². The molecule has 0 spiro atoms. The van der Waals surface area contributed by atoms with Crippen LogP contribution >= 0.6 is 0 Å². The second-order valence-electron chi connectivity index (χ2n) is 3.80. The van der Waals surface area contributed by atoms with Crippen molar-refractivity contribution in [3.8, 4) is 0 Å². The average Bonchev–Trinajstić information content (AvgIpc) is 2.82. The summed E-state index contributed by atoms with van der Waals surface area (Å²) in [7, 11) is 0. The second-order valence-corrected chi connectivity index (χ2v) is 3.80. The minimum atomic E-state index is -0.270. The number of hydrogen-bond donors (Lipinski definition) is 1. The maximum Gasteiger partial charge on any atom is 0.123 e. The van der Waals surface area contributed by atoms with Gasteiger partial charge < -0.3 is 5.11 Å². The molecule has 0 heterocycles. The molecule has 3 atom stereocenters. The third kappa shape index (κ3) is 1.73. The highest BCUT2D eigenvalue weighted by molar-refractivity contribution is 5.26. The lowest BCUT2D eigenvalue weighted by Crippen LogP contribution is -2.03. The molecule has 13 heavy (non-hydrogen) atoms. The maximum atomic E-state index is 12.8. The fourth-order valence-electron chi connectivity index (χ4n) is 1.87. The van der Waals surface area contributed by atoms with E-state index in [9.17, 15) is 9.50 Å². The fourth-order valence-corrected chi connectivity index (χ4v) is 1.87. The van der Waals surface area contributed by atoms with Gasteiger partial charge in [0.15, 0.2) is 0 Å². The molecule has 0 bridgehead atoms. The monoisotopic (exact) mass is 180 g/mol. The van der Waals surface area contributed by atoms with Crippen molar-refractivity contribution in [3.05, 3.63) is 35.6 Å². The summed E-state index contributed by atoms with van der Waals surface area (Å²) in [5.41, 5.74) is 1.02. The Morgan fingerprint density at radius 2 is 2.31 bits per heavy atom. The third-order valence-electron chi connectivity index (χ3n) is 2.74. The van der Waals surface area contributed by atoms with Crippen LogP contribution in [-0.2, 0) is 0 Å². The Labute approximate surface area is 77.2 Å². The van der Waals surface area contributed by atoms with Gasteiger partial charge in [0.2, 0.25) is 0 Å². The average molecular weight is 180 g/mol. The molecule has 2 rings (SSSR count). The van der Waals surface area contributed by atoms with E-state index < -0.39 is 0 Å². The Bertz CT molecular complexity index is 309. The number of benzene rings is 1. The van der Waals surface area contributed by atoms with Crippen LogP contribution in [0.4, 0.5) is 4.39 Å². The Morgan fingerprint density at radius 1 is 1.54 bits per heavy atom. The fraction of sp³-hybridized carbons (Fsp3) is 0.455. The van der Waals surface area contributed by atoms with Crippen LogP contribution in [-0.4, -0.2) is 11.2 Å².